The number of hydrogen-bond acceptors (Lipinski definition) is 5. The van der Waals surface area contributed by atoms with Gasteiger partial charge in [0.2, 0.25) is 21.8 Å². The van der Waals surface area contributed by atoms with E-state index in [0.29, 0.717) is 6.61 Å². The predicted octanol–water partition coefficient (Wildman–Crippen LogP) is 1.56. The minimum Gasteiger partial charge on any atom is -0.376 e. The van der Waals surface area contributed by atoms with E-state index in [1.807, 2.05) is 0 Å². The first-order valence-corrected chi connectivity index (χ1v) is 12.3. The smallest absolute Gasteiger partial charge is 0.241 e. The molecule has 172 valence electrons. The van der Waals surface area contributed by atoms with Gasteiger partial charge in [-0.25, -0.2) is 17.5 Å². The monoisotopic (exact) mass is 455 g/mol. The third kappa shape index (κ3) is 7.26. The lowest BCUT2D eigenvalue weighted by Gasteiger charge is -2.27. The summed E-state index contributed by atoms with van der Waals surface area (Å²) in [4.78, 5) is 26.5. The van der Waals surface area contributed by atoms with Crippen molar-refractivity contribution in [1.82, 2.24) is 14.9 Å². The maximum atomic E-state index is 13.1. The van der Waals surface area contributed by atoms with Gasteiger partial charge >= 0.3 is 0 Å². The Morgan fingerprint density at radius 3 is 2.42 bits per heavy atom. The standard InChI is InChI=1S/C21H30FN3O5S/c22-16-8-10-19(11-9-16)31(28,29)23-13-21(27)25(14-18-7-4-12-30-18)15-20(26)24-17-5-2-1-3-6-17/h8-11,17-18,23H,1-7,12-15H2,(H,24,26). The third-order valence-electron chi connectivity index (χ3n) is 5.64. The Balaban J connectivity index is 1.59. The van der Waals surface area contributed by atoms with Crippen LogP contribution in [0.2, 0.25) is 0 Å². The molecule has 0 bridgehead atoms. The van der Waals surface area contributed by atoms with Gasteiger partial charge in [0.05, 0.1) is 24.1 Å². The molecular formula is C21H30FN3O5S. The highest BCUT2D eigenvalue weighted by atomic mass is 32.2. The minimum absolute atomic E-state index is 0.123. The molecule has 2 amide bonds. The number of ether oxygens (including phenoxy) is 1. The Morgan fingerprint density at radius 1 is 1.06 bits per heavy atom. The van der Waals surface area contributed by atoms with E-state index >= 15 is 0 Å². The van der Waals surface area contributed by atoms with Gasteiger partial charge in [-0.2, -0.15) is 0 Å². The van der Waals surface area contributed by atoms with Crippen LogP contribution in [0.4, 0.5) is 4.39 Å². The zero-order valence-electron chi connectivity index (χ0n) is 17.5. The third-order valence-corrected chi connectivity index (χ3v) is 7.06. The number of hydrogen-bond donors (Lipinski definition) is 2. The highest BCUT2D eigenvalue weighted by Crippen LogP contribution is 2.18. The van der Waals surface area contributed by atoms with Gasteiger partial charge in [-0.15, -0.1) is 0 Å². The van der Waals surface area contributed by atoms with Crippen molar-refractivity contribution in [2.45, 2.75) is 62.0 Å². The van der Waals surface area contributed by atoms with E-state index in [2.05, 4.69) is 10.0 Å². The number of nitrogens with one attached hydrogen (secondary N) is 2. The number of amides is 2. The number of benzene rings is 1. The molecule has 0 spiro atoms. The number of sulfonamides is 1. The van der Waals surface area contributed by atoms with E-state index in [4.69, 9.17) is 4.74 Å². The van der Waals surface area contributed by atoms with Gasteiger partial charge in [-0.05, 0) is 49.9 Å². The van der Waals surface area contributed by atoms with Crippen molar-refractivity contribution in [3.63, 3.8) is 0 Å². The Labute approximate surface area is 182 Å². The van der Waals surface area contributed by atoms with Gasteiger partial charge in [0.15, 0.2) is 0 Å². The Bertz CT molecular complexity index is 850. The quantitative estimate of drug-likeness (QED) is 0.588. The summed E-state index contributed by atoms with van der Waals surface area (Å²) in [6.45, 7) is 0.198. The molecule has 1 saturated carbocycles. The first-order valence-electron chi connectivity index (χ1n) is 10.8. The van der Waals surface area contributed by atoms with Gasteiger partial charge in [0.1, 0.15) is 5.82 Å². The number of nitrogens with zero attached hydrogens (tertiary/aromatic N) is 1. The lowest BCUT2D eigenvalue weighted by molar-refractivity contribution is -0.136. The second kappa shape index (κ2) is 11.0. The SMILES string of the molecule is O=C(CN(CC1CCCO1)C(=O)CNS(=O)(=O)c1ccc(F)cc1)NC1CCCCC1. The molecule has 1 saturated heterocycles. The number of halogens is 1. The van der Waals surface area contributed by atoms with E-state index in [1.54, 1.807) is 0 Å². The van der Waals surface area contributed by atoms with Crippen LogP contribution in [0.3, 0.4) is 0 Å². The minimum atomic E-state index is -3.98. The fraction of sp³-hybridized carbons (Fsp3) is 0.619. The molecule has 10 heteroatoms. The second-order valence-electron chi connectivity index (χ2n) is 8.09. The van der Waals surface area contributed by atoms with E-state index < -0.39 is 28.3 Å². The zero-order chi connectivity index (χ0) is 22.3. The second-order valence-corrected chi connectivity index (χ2v) is 9.86. The van der Waals surface area contributed by atoms with Crippen molar-refractivity contribution in [3.8, 4) is 0 Å². The molecule has 0 radical (unpaired) electrons. The van der Waals surface area contributed by atoms with Gasteiger partial charge in [-0.1, -0.05) is 19.3 Å². The summed E-state index contributed by atoms with van der Waals surface area (Å²) in [6, 6.07) is 4.46. The zero-order valence-corrected chi connectivity index (χ0v) is 18.3. The molecule has 1 aromatic rings. The average molecular weight is 456 g/mol. The van der Waals surface area contributed by atoms with Crippen molar-refractivity contribution < 1.29 is 27.1 Å². The molecule has 1 heterocycles. The summed E-state index contributed by atoms with van der Waals surface area (Å²) in [5.41, 5.74) is 0. The van der Waals surface area contributed by atoms with Crippen molar-refractivity contribution in [2.75, 3.05) is 26.2 Å². The van der Waals surface area contributed by atoms with Gasteiger partial charge in [0.25, 0.3) is 0 Å². The summed E-state index contributed by atoms with van der Waals surface area (Å²) >= 11 is 0. The van der Waals surface area contributed by atoms with Crippen molar-refractivity contribution in [2.24, 2.45) is 0 Å². The fourth-order valence-electron chi connectivity index (χ4n) is 3.95. The molecule has 8 nitrogen and oxygen atoms in total. The van der Waals surface area contributed by atoms with Gasteiger partial charge in [-0.3, -0.25) is 9.59 Å². The van der Waals surface area contributed by atoms with Crippen LogP contribution >= 0.6 is 0 Å². The first kappa shape index (κ1) is 23.6. The molecule has 31 heavy (non-hydrogen) atoms. The fourth-order valence-corrected chi connectivity index (χ4v) is 4.92. The molecule has 1 aliphatic heterocycles. The first-order chi connectivity index (χ1) is 14.8. The molecule has 2 aliphatic rings. The average Bonchev–Trinajstić information content (AvgIpc) is 3.26. The van der Waals surface area contributed by atoms with E-state index in [9.17, 15) is 22.4 Å². The van der Waals surface area contributed by atoms with Crippen LogP contribution in [0.15, 0.2) is 29.2 Å². The van der Waals surface area contributed by atoms with Crippen LogP contribution < -0.4 is 10.0 Å². The lowest BCUT2D eigenvalue weighted by atomic mass is 9.95. The van der Waals surface area contributed by atoms with Gasteiger partial charge in [0, 0.05) is 19.2 Å². The topological polar surface area (TPSA) is 105 Å². The molecule has 2 N–H and O–H groups in total. The van der Waals surface area contributed by atoms with Crippen LogP contribution in [0, 0.1) is 5.82 Å². The van der Waals surface area contributed by atoms with Crippen molar-refractivity contribution in [3.05, 3.63) is 30.1 Å². The van der Waals surface area contributed by atoms with Crippen LogP contribution in [0.1, 0.15) is 44.9 Å². The summed E-state index contributed by atoms with van der Waals surface area (Å²) < 4.78 is 45.7. The maximum Gasteiger partial charge on any atom is 0.241 e. The van der Waals surface area contributed by atoms with Crippen LogP contribution in [0.5, 0.6) is 0 Å². The molecule has 3 rings (SSSR count). The van der Waals surface area contributed by atoms with Gasteiger partial charge < -0.3 is 15.0 Å². The highest BCUT2D eigenvalue weighted by molar-refractivity contribution is 7.89. The summed E-state index contributed by atoms with van der Waals surface area (Å²) in [5.74, 6) is -1.32. The molecule has 1 aliphatic carbocycles. The van der Waals surface area contributed by atoms with Crippen LogP contribution in [-0.4, -0.2) is 63.5 Å². The molecular weight excluding hydrogens is 425 g/mol. The highest BCUT2D eigenvalue weighted by Gasteiger charge is 2.26. The summed E-state index contributed by atoms with van der Waals surface area (Å²) in [5, 5.41) is 2.98. The summed E-state index contributed by atoms with van der Waals surface area (Å²) in [7, 11) is -3.98. The van der Waals surface area contributed by atoms with Crippen LogP contribution in [-0.2, 0) is 24.3 Å². The maximum absolute atomic E-state index is 13.1. The number of carbonyl (C=O) groups is 2. The number of rotatable bonds is 9. The Morgan fingerprint density at radius 2 is 1.77 bits per heavy atom. The molecule has 0 aromatic heterocycles. The number of carbonyl (C=O) groups excluding carboxylic acids is 2. The largest absolute Gasteiger partial charge is 0.376 e. The molecule has 2 fully saturated rings. The van der Waals surface area contributed by atoms with Crippen LogP contribution in [0.25, 0.3) is 0 Å². The van der Waals surface area contributed by atoms with E-state index in [1.165, 1.54) is 11.3 Å². The Hall–Kier alpha value is -2.04. The van der Waals surface area contributed by atoms with Crippen molar-refractivity contribution >= 4 is 21.8 Å². The molecule has 1 aromatic carbocycles. The van der Waals surface area contributed by atoms with E-state index in [-0.39, 0.29) is 36.0 Å². The molecule has 1 unspecified atom stereocenters. The summed E-state index contributed by atoms with van der Waals surface area (Å²) in [6.07, 6.45) is 6.70. The molecule has 1 atom stereocenters. The van der Waals surface area contributed by atoms with E-state index in [0.717, 1.165) is 62.8 Å². The normalized spacial score (nSPS) is 19.8. The van der Waals surface area contributed by atoms with Crippen molar-refractivity contribution in [1.29, 1.82) is 0 Å². The predicted molar refractivity (Wildman–Crippen MR) is 112 cm³/mol. The lowest BCUT2D eigenvalue weighted by Crippen LogP contribution is -2.49. The Kier molecular flexibility index (Phi) is 8.39.